The molecule has 0 bridgehead atoms. The summed E-state index contributed by atoms with van der Waals surface area (Å²) in [5.41, 5.74) is 2.03. The molecule has 7 heteroatoms. The summed E-state index contributed by atoms with van der Waals surface area (Å²) >= 11 is 0. The number of benzene rings is 2. The quantitative estimate of drug-likeness (QED) is 0.884. The number of fused-ring (bicyclic) bond motifs is 1. The molecule has 2 aromatic carbocycles. The fourth-order valence-electron chi connectivity index (χ4n) is 3.22. The minimum atomic E-state index is -3.89. The van der Waals surface area contributed by atoms with Crippen LogP contribution in [0.2, 0.25) is 0 Å². The molecule has 1 aliphatic rings. The maximum Gasteiger partial charge on any atom is 0.307 e. The maximum atomic E-state index is 13.3. The molecule has 1 atom stereocenters. The number of carbonyl (C=O) groups is 1. The highest BCUT2D eigenvalue weighted by Gasteiger charge is 2.37. The van der Waals surface area contributed by atoms with Crippen LogP contribution in [0.15, 0.2) is 47.4 Å². The molecule has 0 fully saturated rings. The lowest BCUT2D eigenvalue weighted by Gasteiger charge is -2.25. The minimum Gasteiger partial charge on any atom is -0.495 e. The number of carboxylic acids is 1. The molecule has 0 unspecified atom stereocenters. The van der Waals surface area contributed by atoms with E-state index >= 15 is 0 Å². The van der Waals surface area contributed by atoms with Crippen molar-refractivity contribution in [1.29, 1.82) is 0 Å². The number of carboxylic acid groups (broad SMARTS) is 1. The lowest BCUT2D eigenvalue weighted by atomic mass is 10.1. The summed E-state index contributed by atoms with van der Waals surface area (Å²) in [6.45, 7) is 1.85. The standard InChI is InChI=1S/C18H19NO5S/c1-12-9-14-5-3-4-6-15(14)19(12)25(22,23)17-10-13(11-18(20)21)7-8-16(17)24-2/h3-8,10,12H,9,11H2,1-2H3,(H,20,21)/t12-/m1/s1. The van der Waals surface area contributed by atoms with Gasteiger partial charge < -0.3 is 9.84 Å². The number of anilines is 1. The Morgan fingerprint density at radius 2 is 2.00 bits per heavy atom. The highest BCUT2D eigenvalue weighted by molar-refractivity contribution is 7.93. The lowest BCUT2D eigenvalue weighted by Crippen LogP contribution is -2.36. The first-order chi connectivity index (χ1) is 11.8. The molecule has 3 rings (SSSR count). The zero-order chi connectivity index (χ0) is 18.2. The fourth-order valence-corrected chi connectivity index (χ4v) is 5.12. The summed E-state index contributed by atoms with van der Waals surface area (Å²) in [7, 11) is -2.49. The number of methoxy groups -OCH3 is 1. The molecule has 132 valence electrons. The van der Waals surface area contributed by atoms with E-state index in [4.69, 9.17) is 9.84 Å². The Bertz CT molecular complexity index is 923. The monoisotopic (exact) mass is 361 g/mol. The third-order valence-corrected chi connectivity index (χ3v) is 6.21. The first-order valence-corrected chi connectivity index (χ1v) is 9.29. The van der Waals surface area contributed by atoms with Gasteiger partial charge in [-0.25, -0.2) is 8.42 Å². The van der Waals surface area contributed by atoms with Crippen molar-refractivity contribution in [2.75, 3.05) is 11.4 Å². The SMILES string of the molecule is COc1ccc(CC(=O)O)cc1S(=O)(=O)N1c2ccccc2C[C@H]1C. The van der Waals surface area contributed by atoms with E-state index < -0.39 is 16.0 Å². The lowest BCUT2D eigenvalue weighted by molar-refractivity contribution is -0.136. The van der Waals surface area contributed by atoms with Crippen molar-refractivity contribution in [3.63, 3.8) is 0 Å². The summed E-state index contributed by atoms with van der Waals surface area (Å²) in [6, 6.07) is 11.6. The van der Waals surface area contributed by atoms with Gasteiger partial charge >= 0.3 is 5.97 Å². The molecule has 1 heterocycles. The van der Waals surface area contributed by atoms with Crippen LogP contribution >= 0.6 is 0 Å². The Morgan fingerprint density at radius 1 is 1.28 bits per heavy atom. The Kier molecular flexibility index (Phi) is 4.43. The van der Waals surface area contributed by atoms with Crippen LogP contribution in [0, 0.1) is 0 Å². The smallest absolute Gasteiger partial charge is 0.307 e. The normalized spacial score (nSPS) is 16.6. The van der Waals surface area contributed by atoms with Crippen molar-refractivity contribution in [3.8, 4) is 5.75 Å². The number of sulfonamides is 1. The fraction of sp³-hybridized carbons (Fsp3) is 0.278. The molecule has 0 aliphatic carbocycles. The van der Waals surface area contributed by atoms with Gasteiger partial charge in [0.05, 0.1) is 19.2 Å². The topological polar surface area (TPSA) is 83.9 Å². The predicted molar refractivity (Wildman–Crippen MR) is 93.6 cm³/mol. The highest BCUT2D eigenvalue weighted by Crippen LogP contribution is 2.38. The van der Waals surface area contributed by atoms with Gasteiger partial charge in [0.25, 0.3) is 10.0 Å². The van der Waals surface area contributed by atoms with E-state index in [2.05, 4.69) is 0 Å². The largest absolute Gasteiger partial charge is 0.495 e. The van der Waals surface area contributed by atoms with Gasteiger partial charge in [0.15, 0.2) is 0 Å². The van der Waals surface area contributed by atoms with Crippen LogP contribution < -0.4 is 9.04 Å². The zero-order valence-corrected chi connectivity index (χ0v) is 14.8. The summed E-state index contributed by atoms with van der Waals surface area (Å²) < 4.78 is 33.3. The molecule has 0 saturated heterocycles. The molecule has 0 spiro atoms. The van der Waals surface area contributed by atoms with Gasteiger partial charge in [0.1, 0.15) is 10.6 Å². The van der Waals surface area contributed by atoms with Gasteiger partial charge in [-0.05, 0) is 42.7 Å². The first kappa shape index (κ1) is 17.3. The zero-order valence-electron chi connectivity index (χ0n) is 14.0. The van der Waals surface area contributed by atoms with E-state index in [-0.39, 0.29) is 23.1 Å². The van der Waals surface area contributed by atoms with Crippen molar-refractivity contribution < 1.29 is 23.1 Å². The average Bonchev–Trinajstić information content (AvgIpc) is 2.90. The number of hydrogen-bond donors (Lipinski definition) is 1. The second-order valence-electron chi connectivity index (χ2n) is 6.04. The molecule has 0 amide bonds. The molecular formula is C18H19NO5S. The first-order valence-electron chi connectivity index (χ1n) is 7.85. The van der Waals surface area contributed by atoms with Gasteiger partial charge in [-0.15, -0.1) is 0 Å². The van der Waals surface area contributed by atoms with E-state index in [0.29, 0.717) is 17.7 Å². The minimum absolute atomic E-state index is 0.0164. The molecule has 1 aliphatic heterocycles. The molecular weight excluding hydrogens is 342 g/mol. The Labute approximate surface area is 146 Å². The second-order valence-corrected chi connectivity index (χ2v) is 7.82. The van der Waals surface area contributed by atoms with Gasteiger partial charge in [-0.1, -0.05) is 24.3 Å². The van der Waals surface area contributed by atoms with Crippen LogP contribution in [-0.2, 0) is 27.7 Å². The number of hydrogen-bond acceptors (Lipinski definition) is 4. The van der Waals surface area contributed by atoms with Gasteiger partial charge in [-0.2, -0.15) is 0 Å². The van der Waals surface area contributed by atoms with Crippen LogP contribution in [-0.4, -0.2) is 32.6 Å². The molecule has 1 N–H and O–H groups in total. The Balaban J connectivity index is 2.13. The van der Waals surface area contributed by atoms with Crippen molar-refractivity contribution in [3.05, 3.63) is 53.6 Å². The molecule has 0 radical (unpaired) electrons. The van der Waals surface area contributed by atoms with Gasteiger partial charge in [-0.3, -0.25) is 9.10 Å². The Hall–Kier alpha value is -2.54. The molecule has 2 aromatic rings. The number of nitrogens with zero attached hydrogens (tertiary/aromatic N) is 1. The van der Waals surface area contributed by atoms with Crippen LogP contribution in [0.3, 0.4) is 0 Å². The van der Waals surface area contributed by atoms with Crippen LogP contribution in [0.5, 0.6) is 5.75 Å². The molecule has 0 aromatic heterocycles. The van der Waals surface area contributed by atoms with Crippen molar-refractivity contribution in [2.24, 2.45) is 0 Å². The Morgan fingerprint density at radius 3 is 2.68 bits per heavy atom. The summed E-state index contributed by atoms with van der Waals surface area (Å²) in [5, 5.41) is 8.98. The van der Waals surface area contributed by atoms with Crippen LogP contribution in [0.25, 0.3) is 0 Å². The van der Waals surface area contributed by atoms with Crippen molar-refractivity contribution >= 4 is 21.7 Å². The number of rotatable bonds is 5. The van der Waals surface area contributed by atoms with Gasteiger partial charge in [0.2, 0.25) is 0 Å². The van der Waals surface area contributed by atoms with Gasteiger partial charge in [0, 0.05) is 6.04 Å². The number of para-hydroxylation sites is 1. The summed E-state index contributed by atoms with van der Waals surface area (Å²) in [4.78, 5) is 10.9. The van der Waals surface area contributed by atoms with Crippen LogP contribution in [0.1, 0.15) is 18.1 Å². The third-order valence-electron chi connectivity index (χ3n) is 4.26. The average molecular weight is 361 g/mol. The van der Waals surface area contributed by atoms with E-state index in [0.717, 1.165) is 5.56 Å². The van der Waals surface area contributed by atoms with Crippen molar-refractivity contribution in [1.82, 2.24) is 0 Å². The second kappa shape index (κ2) is 6.40. The third kappa shape index (κ3) is 3.07. The van der Waals surface area contributed by atoms with Crippen LogP contribution in [0.4, 0.5) is 5.69 Å². The molecule has 25 heavy (non-hydrogen) atoms. The van der Waals surface area contributed by atoms with E-state index in [1.165, 1.54) is 23.5 Å². The summed E-state index contributed by atoms with van der Waals surface area (Å²) in [6.07, 6.45) is 0.380. The number of ether oxygens (including phenoxy) is 1. The predicted octanol–water partition coefficient (Wildman–Crippen LogP) is 2.46. The molecule has 0 saturated carbocycles. The van der Waals surface area contributed by atoms with E-state index in [1.54, 1.807) is 18.2 Å². The van der Waals surface area contributed by atoms with Crippen molar-refractivity contribution in [2.45, 2.75) is 30.7 Å². The van der Waals surface area contributed by atoms with E-state index in [9.17, 15) is 13.2 Å². The maximum absolute atomic E-state index is 13.3. The molecule has 6 nitrogen and oxygen atoms in total. The highest BCUT2D eigenvalue weighted by atomic mass is 32.2. The van der Waals surface area contributed by atoms with E-state index in [1.807, 2.05) is 19.1 Å². The number of aliphatic carboxylic acids is 1. The summed E-state index contributed by atoms with van der Waals surface area (Å²) in [5.74, 6) is -0.820.